The first-order valence-corrected chi connectivity index (χ1v) is 9.39. The van der Waals surface area contributed by atoms with E-state index < -0.39 is 0 Å². The van der Waals surface area contributed by atoms with Gasteiger partial charge in [0.25, 0.3) is 5.91 Å². The van der Waals surface area contributed by atoms with Crippen LogP contribution in [0.15, 0.2) is 11.4 Å². The molecular weight excluding hydrogens is 334 g/mol. The maximum absolute atomic E-state index is 12.6. The first kappa shape index (κ1) is 16.7. The van der Waals surface area contributed by atoms with Crippen molar-refractivity contribution in [1.29, 1.82) is 0 Å². The molecule has 0 radical (unpaired) electrons. The molecule has 0 unspecified atom stereocenters. The SMILES string of the molecule is NCCCN1C(=O)CC[C@H]2CN(C(=O)c3sccc3Cl)CC[C@H]21. The lowest BCUT2D eigenvalue weighted by molar-refractivity contribution is -0.140. The molecule has 0 spiro atoms. The number of amides is 2. The number of rotatable bonds is 4. The molecule has 2 aliphatic rings. The van der Waals surface area contributed by atoms with E-state index in [0.717, 1.165) is 25.8 Å². The van der Waals surface area contributed by atoms with Gasteiger partial charge < -0.3 is 15.5 Å². The van der Waals surface area contributed by atoms with Gasteiger partial charge >= 0.3 is 0 Å². The number of piperidine rings is 2. The minimum absolute atomic E-state index is 0.0221. The number of hydrogen-bond donors (Lipinski definition) is 1. The van der Waals surface area contributed by atoms with E-state index >= 15 is 0 Å². The highest BCUT2D eigenvalue weighted by molar-refractivity contribution is 7.12. The molecule has 0 aromatic carbocycles. The topological polar surface area (TPSA) is 66.6 Å². The third-order valence-corrected chi connectivity index (χ3v) is 6.17. The number of hydrogen-bond acceptors (Lipinski definition) is 4. The van der Waals surface area contributed by atoms with Crippen molar-refractivity contribution in [3.63, 3.8) is 0 Å². The monoisotopic (exact) mass is 355 g/mol. The van der Waals surface area contributed by atoms with E-state index in [1.54, 1.807) is 6.07 Å². The zero-order valence-electron chi connectivity index (χ0n) is 13.0. The van der Waals surface area contributed by atoms with Gasteiger partial charge in [-0.05, 0) is 43.2 Å². The highest BCUT2D eigenvalue weighted by Crippen LogP contribution is 2.33. The second-order valence-electron chi connectivity index (χ2n) is 6.23. The second kappa shape index (κ2) is 7.20. The van der Waals surface area contributed by atoms with Crippen LogP contribution in [0.4, 0.5) is 0 Å². The van der Waals surface area contributed by atoms with Crippen molar-refractivity contribution >= 4 is 34.8 Å². The van der Waals surface area contributed by atoms with E-state index in [4.69, 9.17) is 17.3 Å². The Morgan fingerprint density at radius 2 is 2.26 bits per heavy atom. The number of thiophene rings is 1. The summed E-state index contributed by atoms with van der Waals surface area (Å²) in [5.41, 5.74) is 5.59. The summed E-state index contributed by atoms with van der Waals surface area (Å²) in [6.45, 7) is 2.73. The number of fused-ring (bicyclic) bond motifs is 1. The third-order valence-electron chi connectivity index (χ3n) is 4.85. The van der Waals surface area contributed by atoms with Gasteiger partial charge in [0.15, 0.2) is 0 Å². The van der Waals surface area contributed by atoms with E-state index in [1.807, 2.05) is 15.2 Å². The van der Waals surface area contributed by atoms with Crippen LogP contribution in [-0.2, 0) is 4.79 Å². The Morgan fingerprint density at radius 1 is 1.43 bits per heavy atom. The number of halogens is 1. The Labute approximate surface area is 145 Å². The molecule has 3 heterocycles. The standard InChI is InChI=1S/C16H22ClN3O2S/c17-12-5-9-23-15(12)16(22)19-8-4-13-11(10-19)2-3-14(21)20(13)7-1-6-18/h5,9,11,13H,1-4,6-8,10,18H2/t11-,13+/m0/s1. The minimum Gasteiger partial charge on any atom is -0.339 e. The molecule has 1 aromatic heterocycles. The highest BCUT2D eigenvalue weighted by atomic mass is 35.5. The molecule has 1 aromatic rings. The number of carbonyl (C=O) groups is 2. The normalized spacial score (nSPS) is 24.7. The molecule has 2 aliphatic heterocycles. The Bertz CT molecular complexity index is 592. The van der Waals surface area contributed by atoms with Crippen molar-refractivity contribution in [2.75, 3.05) is 26.2 Å². The van der Waals surface area contributed by atoms with Crippen LogP contribution in [0.25, 0.3) is 0 Å². The van der Waals surface area contributed by atoms with Gasteiger partial charge in [-0.3, -0.25) is 9.59 Å². The van der Waals surface area contributed by atoms with Gasteiger partial charge in [0.05, 0.1) is 5.02 Å². The first-order valence-electron chi connectivity index (χ1n) is 8.13. The molecular formula is C16H22ClN3O2S. The summed E-state index contributed by atoms with van der Waals surface area (Å²) >= 11 is 7.48. The largest absolute Gasteiger partial charge is 0.339 e. The van der Waals surface area contributed by atoms with Gasteiger partial charge in [-0.2, -0.15) is 0 Å². The summed E-state index contributed by atoms with van der Waals surface area (Å²) in [6, 6.07) is 2.02. The Morgan fingerprint density at radius 3 is 2.96 bits per heavy atom. The van der Waals surface area contributed by atoms with Crippen molar-refractivity contribution in [1.82, 2.24) is 9.80 Å². The smallest absolute Gasteiger partial charge is 0.265 e. The van der Waals surface area contributed by atoms with Gasteiger partial charge in [0, 0.05) is 32.1 Å². The van der Waals surface area contributed by atoms with Gasteiger partial charge in [-0.15, -0.1) is 11.3 Å². The van der Waals surface area contributed by atoms with Crippen molar-refractivity contribution in [2.45, 2.75) is 31.7 Å². The molecule has 126 valence electrons. The molecule has 3 rings (SSSR count). The molecule has 5 nitrogen and oxygen atoms in total. The zero-order chi connectivity index (χ0) is 16.4. The lowest BCUT2D eigenvalue weighted by atomic mass is 9.83. The van der Waals surface area contributed by atoms with Gasteiger partial charge in [0.2, 0.25) is 5.91 Å². The van der Waals surface area contributed by atoms with Crippen LogP contribution >= 0.6 is 22.9 Å². The summed E-state index contributed by atoms with van der Waals surface area (Å²) < 4.78 is 0. The quantitative estimate of drug-likeness (QED) is 0.900. The number of nitrogens with two attached hydrogens (primary N) is 1. The summed E-state index contributed by atoms with van der Waals surface area (Å²) in [4.78, 5) is 29.3. The van der Waals surface area contributed by atoms with E-state index in [2.05, 4.69) is 0 Å². The minimum atomic E-state index is 0.0221. The maximum atomic E-state index is 12.6. The first-order chi connectivity index (χ1) is 11.1. The van der Waals surface area contributed by atoms with Crippen LogP contribution in [-0.4, -0.2) is 53.8 Å². The van der Waals surface area contributed by atoms with E-state index in [0.29, 0.717) is 41.9 Å². The van der Waals surface area contributed by atoms with Gasteiger partial charge in [0.1, 0.15) is 4.88 Å². The predicted molar refractivity (Wildman–Crippen MR) is 91.7 cm³/mol. The van der Waals surface area contributed by atoms with E-state index in [-0.39, 0.29) is 17.9 Å². The van der Waals surface area contributed by atoms with Crippen molar-refractivity contribution in [2.24, 2.45) is 11.7 Å². The van der Waals surface area contributed by atoms with Crippen LogP contribution in [0.5, 0.6) is 0 Å². The summed E-state index contributed by atoms with van der Waals surface area (Å²) in [6.07, 6.45) is 3.12. The van der Waals surface area contributed by atoms with Crippen LogP contribution in [0.1, 0.15) is 35.4 Å². The van der Waals surface area contributed by atoms with Gasteiger partial charge in [-0.1, -0.05) is 11.6 Å². The lowest BCUT2D eigenvalue weighted by Crippen LogP contribution is -2.57. The molecule has 7 heteroatoms. The fourth-order valence-corrected chi connectivity index (χ4v) is 4.78. The predicted octanol–water partition coefficient (Wildman–Crippen LogP) is 2.20. The van der Waals surface area contributed by atoms with E-state index in [1.165, 1.54) is 11.3 Å². The lowest BCUT2D eigenvalue weighted by Gasteiger charge is -2.47. The van der Waals surface area contributed by atoms with Crippen molar-refractivity contribution < 1.29 is 9.59 Å². The molecule has 2 N–H and O–H groups in total. The molecule has 2 fully saturated rings. The van der Waals surface area contributed by atoms with E-state index in [9.17, 15) is 9.59 Å². The van der Waals surface area contributed by atoms with Crippen molar-refractivity contribution in [3.8, 4) is 0 Å². The van der Waals surface area contributed by atoms with Gasteiger partial charge in [-0.25, -0.2) is 0 Å². The summed E-state index contributed by atoms with van der Waals surface area (Å²) in [7, 11) is 0. The molecule has 0 aliphatic carbocycles. The molecule has 0 bridgehead atoms. The zero-order valence-corrected chi connectivity index (χ0v) is 14.6. The third kappa shape index (κ3) is 3.39. The van der Waals surface area contributed by atoms with Crippen molar-refractivity contribution in [3.05, 3.63) is 21.3 Å². The Hall–Kier alpha value is -1.11. The fourth-order valence-electron chi connectivity index (χ4n) is 3.68. The average Bonchev–Trinajstić information content (AvgIpc) is 2.99. The molecule has 0 saturated carbocycles. The molecule has 2 amide bonds. The second-order valence-corrected chi connectivity index (χ2v) is 7.56. The van der Waals surface area contributed by atoms with Crippen LogP contribution in [0.2, 0.25) is 5.02 Å². The molecule has 23 heavy (non-hydrogen) atoms. The maximum Gasteiger partial charge on any atom is 0.265 e. The molecule has 2 saturated heterocycles. The average molecular weight is 356 g/mol. The highest BCUT2D eigenvalue weighted by Gasteiger charge is 2.40. The summed E-state index contributed by atoms with van der Waals surface area (Å²) in [5, 5.41) is 2.38. The number of nitrogens with zero attached hydrogens (tertiary/aromatic N) is 2. The fraction of sp³-hybridized carbons (Fsp3) is 0.625. The van der Waals surface area contributed by atoms with Crippen LogP contribution < -0.4 is 5.73 Å². The van der Waals surface area contributed by atoms with Crippen LogP contribution in [0, 0.1) is 5.92 Å². The molecule has 2 atom stereocenters. The number of carbonyl (C=O) groups excluding carboxylic acids is 2. The number of likely N-dealkylation sites (tertiary alicyclic amines) is 2. The van der Waals surface area contributed by atoms with Crippen LogP contribution in [0.3, 0.4) is 0 Å². The Kier molecular flexibility index (Phi) is 5.24. The summed E-state index contributed by atoms with van der Waals surface area (Å²) in [5.74, 6) is 0.622. The Balaban J connectivity index is 1.68.